The molecule has 0 aliphatic heterocycles. The minimum atomic E-state index is 0.811. The molecule has 0 N–H and O–H groups in total. The standard InChI is InChI=1S/C18H21BrO/c19-13-5-2-6-14-20-18-11-9-17(10-12-18)15-16-7-3-1-4-8-16/h1,3-4,7-12H,2,5-6,13-15H2. The zero-order valence-corrected chi connectivity index (χ0v) is 13.3. The summed E-state index contributed by atoms with van der Waals surface area (Å²) >= 11 is 3.44. The SMILES string of the molecule is BrCCCCCOc1ccc(Cc2ccccc2)cc1. The lowest BCUT2D eigenvalue weighted by Crippen LogP contribution is -1.97. The van der Waals surface area contributed by atoms with Gasteiger partial charge in [-0.1, -0.05) is 58.4 Å². The molecule has 0 aromatic heterocycles. The van der Waals surface area contributed by atoms with Gasteiger partial charge >= 0.3 is 0 Å². The minimum Gasteiger partial charge on any atom is -0.494 e. The topological polar surface area (TPSA) is 9.23 Å². The Kier molecular flexibility index (Phi) is 6.65. The Hall–Kier alpha value is -1.28. The molecule has 0 saturated carbocycles. The lowest BCUT2D eigenvalue weighted by Gasteiger charge is -2.07. The van der Waals surface area contributed by atoms with E-state index >= 15 is 0 Å². The molecule has 106 valence electrons. The first-order chi connectivity index (χ1) is 9.88. The molecule has 0 spiro atoms. The maximum atomic E-state index is 5.74. The van der Waals surface area contributed by atoms with Crippen LogP contribution in [0.15, 0.2) is 54.6 Å². The molecule has 0 atom stereocenters. The van der Waals surface area contributed by atoms with Gasteiger partial charge in [-0.3, -0.25) is 0 Å². The minimum absolute atomic E-state index is 0.811. The van der Waals surface area contributed by atoms with Crippen LogP contribution >= 0.6 is 15.9 Å². The van der Waals surface area contributed by atoms with E-state index < -0.39 is 0 Å². The normalized spacial score (nSPS) is 10.4. The van der Waals surface area contributed by atoms with E-state index in [0.29, 0.717) is 0 Å². The molecule has 0 saturated heterocycles. The van der Waals surface area contributed by atoms with Crippen LogP contribution in [0.4, 0.5) is 0 Å². The second kappa shape index (κ2) is 8.80. The molecule has 0 aliphatic rings. The van der Waals surface area contributed by atoms with Gasteiger partial charge in [0, 0.05) is 5.33 Å². The van der Waals surface area contributed by atoms with Crippen molar-refractivity contribution in [3.8, 4) is 5.75 Å². The van der Waals surface area contributed by atoms with Crippen LogP contribution in [0.5, 0.6) is 5.75 Å². The second-order valence-corrected chi connectivity index (χ2v) is 5.70. The van der Waals surface area contributed by atoms with Crippen LogP contribution in [0.2, 0.25) is 0 Å². The largest absolute Gasteiger partial charge is 0.494 e. The first-order valence-electron chi connectivity index (χ1n) is 7.20. The van der Waals surface area contributed by atoms with Crippen molar-refractivity contribution in [3.05, 3.63) is 65.7 Å². The summed E-state index contributed by atoms with van der Waals surface area (Å²) in [6, 6.07) is 19.0. The third kappa shape index (κ3) is 5.38. The van der Waals surface area contributed by atoms with E-state index in [1.165, 1.54) is 24.0 Å². The van der Waals surface area contributed by atoms with E-state index in [2.05, 4.69) is 70.5 Å². The van der Waals surface area contributed by atoms with E-state index in [1.54, 1.807) is 0 Å². The number of ether oxygens (including phenoxy) is 1. The molecule has 2 rings (SSSR count). The van der Waals surface area contributed by atoms with Crippen molar-refractivity contribution in [2.45, 2.75) is 25.7 Å². The molecular formula is C18H21BrO. The highest BCUT2D eigenvalue weighted by molar-refractivity contribution is 9.09. The van der Waals surface area contributed by atoms with Crippen molar-refractivity contribution in [2.75, 3.05) is 11.9 Å². The quantitative estimate of drug-likeness (QED) is 0.475. The zero-order chi connectivity index (χ0) is 14.0. The third-order valence-electron chi connectivity index (χ3n) is 3.22. The first kappa shape index (κ1) is 15.1. The summed E-state index contributed by atoms with van der Waals surface area (Å²) in [6.45, 7) is 0.811. The number of rotatable bonds is 8. The van der Waals surface area contributed by atoms with Crippen LogP contribution in [0.1, 0.15) is 30.4 Å². The Labute approximate surface area is 130 Å². The molecule has 2 heteroatoms. The molecule has 0 unspecified atom stereocenters. The number of hydrogen-bond donors (Lipinski definition) is 0. The average Bonchev–Trinajstić information content (AvgIpc) is 2.50. The van der Waals surface area contributed by atoms with E-state index in [1.807, 2.05) is 0 Å². The molecule has 2 aromatic rings. The number of unbranched alkanes of at least 4 members (excludes halogenated alkanes) is 2. The molecular weight excluding hydrogens is 312 g/mol. The maximum absolute atomic E-state index is 5.74. The van der Waals surface area contributed by atoms with Gasteiger partial charge in [0.1, 0.15) is 5.75 Å². The van der Waals surface area contributed by atoms with Gasteiger partial charge < -0.3 is 4.74 Å². The van der Waals surface area contributed by atoms with Gasteiger partial charge in [-0.15, -0.1) is 0 Å². The Bertz CT molecular complexity index is 479. The highest BCUT2D eigenvalue weighted by Crippen LogP contribution is 2.15. The Morgan fingerprint density at radius 3 is 2.15 bits per heavy atom. The average molecular weight is 333 g/mol. The predicted octanol–water partition coefficient (Wildman–Crippen LogP) is 5.22. The van der Waals surface area contributed by atoms with E-state index in [9.17, 15) is 0 Å². The van der Waals surface area contributed by atoms with E-state index in [0.717, 1.165) is 30.5 Å². The fourth-order valence-corrected chi connectivity index (χ4v) is 2.49. The fourth-order valence-electron chi connectivity index (χ4n) is 2.10. The lowest BCUT2D eigenvalue weighted by atomic mass is 10.1. The highest BCUT2D eigenvalue weighted by Gasteiger charge is 1.98. The highest BCUT2D eigenvalue weighted by atomic mass is 79.9. The van der Waals surface area contributed by atoms with Crippen LogP contribution in [-0.2, 0) is 6.42 Å². The molecule has 0 bridgehead atoms. The molecule has 0 radical (unpaired) electrons. The summed E-state index contributed by atoms with van der Waals surface area (Å²) in [4.78, 5) is 0. The summed E-state index contributed by atoms with van der Waals surface area (Å²) in [5.41, 5.74) is 2.67. The molecule has 0 heterocycles. The van der Waals surface area contributed by atoms with E-state index in [-0.39, 0.29) is 0 Å². The summed E-state index contributed by atoms with van der Waals surface area (Å²) in [5.74, 6) is 0.973. The fraction of sp³-hybridized carbons (Fsp3) is 0.333. The monoisotopic (exact) mass is 332 g/mol. The first-order valence-corrected chi connectivity index (χ1v) is 8.32. The molecule has 20 heavy (non-hydrogen) atoms. The lowest BCUT2D eigenvalue weighted by molar-refractivity contribution is 0.306. The molecule has 0 amide bonds. The predicted molar refractivity (Wildman–Crippen MR) is 88.8 cm³/mol. The van der Waals surface area contributed by atoms with Crippen LogP contribution in [0.25, 0.3) is 0 Å². The van der Waals surface area contributed by atoms with Crippen LogP contribution < -0.4 is 4.74 Å². The van der Waals surface area contributed by atoms with Crippen molar-refractivity contribution >= 4 is 15.9 Å². The van der Waals surface area contributed by atoms with Gasteiger partial charge in [0.25, 0.3) is 0 Å². The van der Waals surface area contributed by atoms with Crippen LogP contribution in [0.3, 0.4) is 0 Å². The van der Waals surface area contributed by atoms with Crippen LogP contribution in [0, 0.1) is 0 Å². The Morgan fingerprint density at radius 1 is 0.750 bits per heavy atom. The van der Waals surface area contributed by atoms with Crippen molar-refractivity contribution < 1.29 is 4.74 Å². The Balaban J connectivity index is 1.78. The second-order valence-electron chi connectivity index (χ2n) is 4.90. The summed E-state index contributed by atoms with van der Waals surface area (Å²) in [6.07, 6.45) is 4.54. The van der Waals surface area contributed by atoms with Crippen molar-refractivity contribution in [2.24, 2.45) is 0 Å². The summed E-state index contributed by atoms with van der Waals surface area (Å²) in [7, 11) is 0. The van der Waals surface area contributed by atoms with Crippen molar-refractivity contribution in [3.63, 3.8) is 0 Å². The van der Waals surface area contributed by atoms with Crippen molar-refractivity contribution in [1.82, 2.24) is 0 Å². The van der Waals surface area contributed by atoms with Crippen LogP contribution in [-0.4, -0.2) is 11.9 Å². The zero-order valence-electron chi connectivity index (χ0n) is 11.7. The molecule has 0 fully saturated rings. The molecule has 1 nitrogen and oxygen atoms in total. The number of benzene rings is 2. The van der Waals surface area contributed by atoms with Gasteiger partial charge in [0.2, 0.25) is 0 Å². The number of alkyl halides is 1. The van der Waals surface area contributed by atoms with Crippen molar-refractivity contribution in [1.29, 1.82) is 0 Å². The summed E-state index contributed by atoms with van der Waals surface area (Å²) in [5, 5.41) is 1.08. The smallest absolute Gasteiger partial charge is 0.119 e. The number of halogens is 1. The molecule has 0 aliphatic carbocycles. The van der Waals surface area contributed by atoms with E-state index in [4.69, 9.17) is 4.74 Å². The molecule has 2 aromatic carbocycles. The Morgan fingerprint density at radius 2 is 1.45 bits per heavy atom. The number of hydrogen-bond acceptors (Lipinski definition) is 1. The maximum Gasteiger partial charge on any atom is 0.119 e. The van der Waals surface area contributed by atoms with Gasteiger partial charge in [-0.25, -0.2) is 0 Å². The van der Waals surface area contributed by atoms with Gasteiger partial charge in [0.05, 0.1) is 6.61 Å². The third-order valence-corrected chi connectivity index (χ3v) is 3.78. The van der Waals surface area contributed by atoms with Gasteiger partial charge in [0.15, 0.2) is 0 Å². The summed E-state index contributed by atoms with van der Waals surface area (Å²) < 4.78 is 5.74. The van der Waals surface area contributed by atoms with Gasteiger partial charge in [-0.05, 0) is 48.9 Å². The van der Waals surface area contributed by atoms with Gasteiger partial charge in [-0.2, -0.15) is 0 Å².